The highest BCUT2D eigenvalue weighted by Crippen LogP contribution is 2.49. The second kappa shape index (κ2) is 3.89. The van der Waals surface area contributed by atoms with Gasteiger partial charge in [-0.2, -0.15) is 26.3 Å². The predicted octanol–water partition coefficient (Wildman–Crippen LogP) is 3.48. The number of alkyl halides is 6. The molecular weight excluding hydrogens is 276 g/mol. The Kier molecular flexibility index (Phi) is 2.81. The number of hydrogen-bond donors (Lipinski definition) is 2. The molecule has 1 heterocycles. The number of aliphatic hydroxyl groups is 1. The maximum Gasteiger partial charge on any atom is 0.455 e. The average Bonchev–Trinajstić information content (AvgIpc) is 2.71. The fraction of sp³-hybridized carbons (Fsp3) is 0.273. The third-order valence-corrected chi connectivity index (χ3v) is 2.66. The number of hydrogen-bond acceptors (Lipinski definition) is 1. The number of halogens is 6. The summed E-state index contributed by atoms with van der Waals surface area (Å²) < 4.78 is 76.5. The third-order valence-electron chi connectivity index (χ3n) is 2.66. The van der Waals surface area contributed by atoms with E-state index in [1.807, 2.05) is 4.98 Å². The Hall–Kier alpha value is -1.70. The molecule has 8 heteroatoms. The molecular formula is C11H7F6NO. The van der Waals surface area contributed by atoms with Crippen molar-refractivity contribution in [2.45, 2.75) is 18.0 Å². The van der Waals surface area contributed by atoms with Crippen molar-refractivity contribution >= 4 is 10.9 Å². The second-order valence-electron chi connectivity index (χ2n) is 3.96. The van der Waals surface area contributed by atoms with Crippen molar-refractivity contribution in [3.8, 4) is 0 Å². The molecule has 0 fully saturated rings. The molecule has 104 valence electrons. The summed E-state index contributed by atoms with van der Waals surface area (Å²) in [5.41, 5.74) is -1.24. The van der Waals surface area contributed by atoms with Gasteiger partial charge >= 0.3 is 18.0 Å². The van der Waals surface area contributed by atoms with Crippen LogP contribution in [0.5, 0.6) is 0 Å². The van der Waals surface area contributed by atoms with Crippen molar-refractivity contribution in [3.05, 3.63) is 36.0 Å². The zero-order valence-electron chi connectivity index (χ0n) is 9.10. The molecule has 2 N–H and O–H groups in total. The molecule has 1 unspecified atom stereocenters. The highest BCUT2D eigenvalue weighted by atomic mass is 19.4. The molecule has 0 saturated heterocycles. The maximum atomic E-state index is 13.5. The fourth-order valence-corrected chi connectivity index (χ4v) is 1.60. The van der Waals surface area contributed by atoms with E-state index in [-0.39, 0.29) is 10.9 Å². The summed E-state index contributed by atoms with van der Waals surface area (Å²) in [5, 5.41) is 8.67. The summed E-state index contributed by atoms with van der Waals surface area (Å²) in [5.74, 6) is -10.8. The number of rotatable bonds is 2. The summed E-state index contributed by atoms with van der Waals surface area (Å²) in [4.78, 5) is 1.96. The molecule has 0 saturated carbocycles. The molecule has 2 aromatic rings. The Labute approximate surface area is 102 Å². The first-order valence-corrected chi connectivity index (χ1v) is 5.01. The number of benzene rings is 1. The van der Waals surface area contributed by atoms with Crippen LogP contribution in [-0.4, -0.2) is 22.1 Å². The molecule has 0 aliphatic rings. The number of H-pyrrole nitrogens is 1. The highest BCUT2D eigenvalue weighted by Gasteiger charge is 2.72. The van der Waals surface area contributed by atoms with E-state index < -0.39 is 23.6 Å². The summed E-state index contributed by atoms with van der Waals surface area (Å²) in [6.45, 7) is 0. The monoisotopic (exact) mass is 283 g/mol. The van der Waals surface area contributed by atoms with Crippen LogP contribution in [0.4, 0.5) is 26.3 Å². The van der Waals surface area contributed by atoms with Crippen LogP contribution in [0.15, 0.2) is 30.3 Å². The van der Waals surface area contributed by atoms with Gasteiger partial charge in [-0.05, 0) is 17.5 Å². The zero-order chi connectivity index (χ0) is 14.5. The van der Waals surface area contributed by atoms with Gasteiger partial charge in [0.1, 0.15) is 0 Å². The number of aromatic nitrogens is 1. The number of nitrogens with one attached hydrogen (secondary N) is 1. The molecule has 0 radical (unpaired) electrons. The van der Waals surface area contributed by atoms with Crippen molar-refractivity contribution in [1.82, 2.24) is 4.98 Å². The Bertz CT molecular complexity index is 567. The third kappa shape index (κ3) is 1.95. The van der Waals surface area contributed by atoms with Crippen LogP contribution in [-0.2, 0) is 5.92 Å². The Morgan fingerprint density at radius 2 is 1.53 bits per heavy atom. The smallest absolute Gasteiger partial charge is 0.353 e. The van der Waals surface area contributed by atoms with Gasteiger partial charge < -0.3 is 10.1 Å². The Morgan fingerprint density at radius 1 is 0.947 bits per heavy atom. The van der Waals surface area contributed by atoms with Crippen LogP contribution in [0, 0.1) is 0 Å². The van der Waals surface area contributed by atoms with Crippen molar-refractivity contribution in [2.24, 2.45) is 0 Å². The molecule has 0 bridgehead atoms. The quantitative estimate of drug-likeness (QED) is 0.813. The molecule has 1 atom stereocenters. The molecule has 0 amide bonds. The summed E-state index contributed by atoms with van der Waals surface area (Å²) >= 11 is 0. The van der Waals surface area contributed by atoms with E-state index in [2.05, 4.69) is 0 Å². The van der Waals surface area contributed by atoms with Crippen LogP contribution in [0.2, 0.25) is 0 Å². The van der Waals surface area contributed by atoms with Gasteiger partial charge in [0.15, 0.2) is 0 Å². The molecule has 0 aliphatic carbocycles. The van der Waals surface area contributed by atoms with E-state index >= 15 is 0 Å². The van der Waals surface area contributed by atoms with Crippen molar-refractivity contribution in [1.29, 1.82) is 0 Å². The molecule has 1 aromatic carbocycles. The molecule has 2 nitrogen and oxygen atoms in total. The second-order valence-corrected chi connectivity index (χ2v) is 3.96. The number of para-hydroxylation sites is 1. The normalized spacial score (nSPS) is 16.6. The van der Waals surface area contributed by atoms with Crippen molar-refractivity contribution in [3.63, 3.8) is 0 Å². The van der Waals surface area contributed by atoms with E-state index in [0.717, 1.165) is 0 Å². The number of fused-ring (bicyclic) bond motifs is 1. The standard InChI is InChI=1S/C11H7F6NO/c12-9(13,10(14,19)11(15,16)17)8-5-6-3-1-2-4-7(6)18-8/h1-5,18-19H. The molecule has 19 heavy (non-hydrogen) atoms. The SMILES string of the molecule is OC(F)(C(F)(F)F)C(F)(F)c1cc2ccccc2[nH]1. The zero-order valence-corrected chi connectivity index (χ0v) is 9.10. The highest BCUT2D eigenvalue weighted by molar-refractivity contribution is 5.80. The molecule has 0 spiro atoms. The number of aromatic amines is 1. The average molecular weight is 283 g/mol. The maximum absolute atomic E-state index is 13.5. The first-order valence-electron chi connectivity index (χ1n) is 5.01. The van der Waals surface area contributed by atoms with Gasteiger partial charge in [-0.3, -0.25) is 0 Å². The van der Waals surface area contributed by atoms with Gasteiger partial charge in [0.05, 0.1) is 5.69 Å². The van der Waals surface area contributed by atoms with Crippen LogP contribution in [0.25, 0.3) is 10.9 Å². The van der Waals surface area contributed by atoms with Crippen LogP contribution < -0.4 is 0 Å². The summed E-state index contributed by atoms with van der Waals surface area (Å²) in [7, 11) is 0. The topological polar surface area (TPSA) is 36.0 Å². The van der Waals surface area contributed by atoms with Crippen LogP contribution in [0.1, 0.15) is 5.69 Å². The Balaban J connectivity index is 2.55. The van der Waals surface area contributed by atoms with Gasteiger partial charge in [0.25, 0.3) is 0 Å². The van der Waals surface area contributed by atoms with E-state index in [1.165, 1.54) is 24.3 Å². The fourth-order valence-electron chi connectivity index (χ4n) is 1.60. The lowest BCUT2D eigenvalue weighted by molar-refractivity contribution is -0.391. The van der Waals surface area contributed by atoms with E-state index in [4.69, 9.17) is 5.11 Å². The predicted molar refractivity (Wildman–Crippen MR) is 54.3 cm³/mol. The van der Waals surface area contributed by atoms with Crippen LogP contribution in [0.3, 0.4) is 0 Å². The largest absolute Gasteiger partial charge is 0.455 e. The van der Waals surface area contributed by atoms with E-state index in [1.54, 1.807) is 0 Å². The minimum atomic E-state index is -6.12. The van der Waals surface area contributed by atoms with Crippen molar-refractivity contribution < 1.29 is 31.4 Å². The van der Waals surface area contributed by atoms with Gasteiger partial charge in [-0.25, -0.2) is 0 Å². The van der Waals surface area contributed by atoms with E-state index in [9.17, 15) is 26.3 Å². The molecule has 1 aromatic heterocycles. The van der Waals surface area contributed by atoms with E-state index in [0.29, 0.717) is 6.07 Å². The molecule has 2 rings (SSSR count). The van der Waals surface area contributed by atoms with Gasteiger partial charge in [-0.15, -0.1) is 0 Å². The summed E-state index contributed by atoms with van der Waals surface area (Å²) in [6, 6.07) is 6.29. The molecule has 0 aliphatic heterocycles. The first-order chi connectivity index (χ1) is 8.57. The summed E-state index contributed by atoms with van der Waals surface area (Å²) in [6.07, 6.45) is -6.12. The van der Waals surface area contributed by atoms with Gasteiger partial charge in [0.2, 0.25) is 0 Å². The van der Waals surface area contributed by atoms with Crippen molar-refractivity contribution in [2.75, 3.05) is 0 Å². The van der Waals surface area contributed by atoms with Gasteiger partial charge in [-0.1, -0.05) is 18.2 Å². The Morgan fingerprint density at radius 3 is 2.05 bits per heavy atom. The lowest BCUT2D eigenvalue weighted by atomic mass is 10.1. The minimum Gasteiger partial charge on any atom is -0.353 e. The van der Waals surface area contributed by atoms with Gasteiger partial charge in [0, 0.05) is 5.52 Å². The van der Waals surface area contributed by atoms with Crippen LogP contribution >= 0.6 is 0 Å². The lowest BCUT2D eigenvalue weighted by Crippen LogP contribution is -2.53. The minimum absolute atomic E-state index is 0.107. The lowest BCUT2D eigenvalue weighted by Gasteiger charge is -2.29. The first kappa shape index (κ1) is 13.7.